The van der Waals surface area contributed by atoms with E-state index in [0.717, 1.165) is 12.8 Å². The summed E-state index contributed by atoms with van der Waals surface area (Å²) in [6.07, 6.45) is 4.70. The lowest BCUT2D eigenvalue weighted by molar-refractivity contribution is 0.0734. The molecule has 2 aromatic rings. The van der Waals surface area contributed by atoms with Crippen molar-refractivity contribution in [2.75, 3.05) is 0 Å². The molecule has 0 amide bonds. The zero-order valence-electron chi connectivity index (χ0n) is 14.2. The number of benzene rings is 2. The highest BCUT2D eigenvalue weighted by Gasteiger charge is 2.16. The maximum absolute atomic E-state index is 12.3. The van der Waals surface area contributed by atoms with Gasteiger partial charge in [-0.3, -0.25) is 0 Å². The Kier molecular flexibility index (Phi) is 4.25. The summed E-state index contributed by atoms with van der Waals surface area (Å²) in [6.45, 7) is 6.48. The van der Waals surface area contributed by atoms with Crippen molar-refractivity contribution in [1.82, 2.24) is 0 Å². The molecule has 0 aliphatic heterocycles. The number of rotatable bonds is 2. The zero-order chi connectivity index (χ0) is 16.4. The molecule has 0 radical (unpaired) electrons. The molecule has 2 heteroatoms. The minimum atomic E-state index is -0.291. The van der Waals surface area contributed by atoms with Crippen LogP contribution in [0.5, 0.6) is 5.75 Å². The number of carbonyl (C=O) groups excluding carboxylic acids is 1. The van der Waals surface area contributed by atoms with Crippen LogP contribution in [0.15, 0.2) is 42.5 Å². The summed E-state index contributed by atoms with van der Waals surface area (Å²) in [5.41, 5.74) is 4.61. The fraction of sp³-hybridized carbons (Fsp3) is 0.381. The van der Waals surface area contributed by atoms with Crippen molar-refractivity contribution in [2.45, 2.75) is 51.9 Å². The number of aryl methyl sites for hydroxylation is 2. The van der Waals surface area contributed by atoms with Gasteiger partial charge in [-0.05, 0) is 72.1 Å². The summed E-state index contributed by atoms with van der Waals surface area (Å²) >= 11 is 0. The van der Waals surface area contributed by atoms with E-state index in [9.17, 15) is 4.79 Å². The van der Waals surface area contributed by atoms with Crippen LogP contribution in [0, 0.1) is 0 Å². The minimum Gasteiger partial charge on any atom is -0.423 e. The molecule has 0 heterocycles. The Labute approximate surface area is 138 Å². The molecule has 0 unspecified atom stereocenters. The molecule has 0 aromatic heterocycles. The minimum absolute atomic E-state index is 0.0843. The Morgan fingerprint density at radius 3 is 2.22 bits per heavy atom. The van der Waals surface area contributed by atoms with Crippen molar-refractivity contribution in [3.05, 3.63) is 64.7 Å². The number of hydrogen-bond acceptors (Lipinski definition) is 2. The van der Waals surface area contributed by atoms with Gasteiger partial charge >= 0.3 is 5.97 Å². The molecule has 120 valence electrons. The van der Waals surface area contributed by atoms with Crippen LogP contribution in [0.4, 0.5) is 0 Å². The summed E-state index contributed by atoms with van der Waals surface area (Å²) < 4.78 is 5.55. The molecule has 2 nitrogen and oxygen atoms in total. The van der Waals surface area contributed by atoms with Gasteiger partial charge in [0.1, 0.15) is 5.75 Å². The van der Waals surface area contributed by atoms with E-state index in [-0.39, 0.29) is 11.4 Å². The summed E-state index contributed by atoms with van der Waals surface area (Å²) in [5, 5.41) is 0. The van der Waals surface area contributed by atoms with E-state index < -0.39 is 0 Å². The van der Waals surface area contributed by atoms with E-state index in [1.165, 1.54) is 29.5 Å². The zero-order valence-corrected chi connectivity index (χ0v) is 14.2. The van der Waals surface area contributed by atoms with E-state index >= 15 is 0 Å². The first-order chi connectivity index (χ1) is 10.9. The number of carbonyl (C=O) groups is 1. The Balaban J connectivity index is 1.74. The van der Waals surface area contributed by atoms with Crippen LogP contribution < -0.4 is 4.74 Å². The molecular formula is C21H24O2. The lowest BCUT2D eigenvalue weighted by Gasteiger charge is -2.19. The molecule has 1 aliphatic rings. The van der Waals surface area contributed by atoms with Crippen LogP contribution >= 0.6 is 0 Å². The lowest BCUT2D eigenvalue weighted by atomic mass is 9.87. The Hall–Kier alpha value is -2.09. The number of ether oxygens (including phenoxy) is 1. The summed E-state index contributed by atoms with van der Waals surface area (Å²) in [5.74, 6) is 0.358. The second kappa shape index (κ2) is 6.19. The third-order valence-corrected chi connectivity index (χ3v) is 4.52. The van der Waals surface area contributed by atoms with Crippen molar-refractivity contribution in [3.63, 3.8) is 0 Å². The fourth-order valence-electron chi connectivity index (χ4n) is 3.05. The highest BCUT2D eigenvalue weighted by Crippen LogP contribution is 2.26. The van der Waals surface area contributed by atoms with Crippen LogP contribution in [0.25, 0.3) is 0 Å². The Morgan fingerprint density at radius 2 is 1.57 bits per heavy atom. The first kappa shape index (κ1) is 15.8. The monoisotopic (exact) mass is 308 g/mol. The third-order valence-electron chi connectivity index (χ3n) is 4.52. The molecule has 0 saturated heterocycles. The number of esters is 1. The topological polar surface area (TPSA) is 26.3 Å². The molecule has 2 aromatic carbocycles. The smallest absolute Gasteiger partial charge is 0.343 e. The quantitative estimate of drug-likeness (QED) is 0.571. The highest BCUT2D eigenvalue weighted by atomic mass is 16.5. The van der Waals surface area contributed by atoms with Crippen molar-refractivity contribution in [2.24, 2.45) is 0 Å². The number of fused-ring (bicyclic) bond motifs is 1. The van der Waals surface area contributed by atoms with Crippen LogP contribution in [0.2, 0.25) is 0 Å². The fourth-order valence-corrected chi connectivity index (χ4v) is 3.05. The second-order valence-electron chi connectivity index (χ2n) is 7.35. The van der Waals surface area contributed by atoms with Gasteiger partial charge in [-0.1, -0.05) is 39.0 Å². The molecule has 3 rings (SSSR count). The Morgan fingerprint density at radius 1 is 0.913 bits per heavy atom. The van der Waals surface area contributed by atoms with Gasteiger partial charge in [0.15, 0.2) is 0 Å². The highest BCUT2D eigenvalue weighted by molar-refractivity contribution is 5.91. The molecule has 0 bridgehead atoms. The first-order valence-electron chi connectivity index (χ1n) is 8.38. The van der Waals surface area contributed by atoms with Gasteiger partial charge in [0.25, 0.3) is 0 Å². The summed E-state index contributed by atoms with van der Waals surface area (Å²) in [7, 11) is 0. The molecule has 0 saturated carbocycles. The van der Waals surface area contributed by atoms with E-state index in [2.05, 4.69) is 26.8 Å². The van der Waals surface area contributed by atoms with E-state index in [1.807, 2.05) is 36.4 Å². The van der Waals surface area contributed by atoms with E-state index in [0.29, 0.717) is 11.3 Å². The van der Waals surface area contributed by atoms with Gasteiger partial charge in [-0.25, -0.2) is 4.79 Å². The van der Waals surface area contributed by atoms with Crippen LogP contribution in [-0.4, -0.2) is 5.97 Å². The van der Waals surface area contributed by atoms with Gasteiger partial charge in [-0.2, -0.15) is 0 Å². The molecule has 0 N–H and O–H groups in total. The predicted octanol–water partition coefficient (Wildman–Crippen LogP) is 5.08. The van der Waals surface area contributed by atoms with E-state index in [4.69, 9.17) is 4.74 Å². The Bertz CT molecular complexity index is 706. The van der Waals surface area contributed by atoms with Crippen LogP contribution in [0.3, 0.4) is 0 Å². The average molecular weight is 308 g/mol. The first-order valence-corrected chi connectivity index (χ1v) is 8.38. The lowest BCUT2D eigenvalue weighted by Crippen LogP contribution is -2.13. The maximum atomic E-state index is 12.3. The standard InChI is InChI=1S/C21H24O2/c1-21(2,3)18-11-8-16(9-12-18)20(22)23-19-13-10-15-6-4-5-7-17(15)14-19/h8-14H,4-7H2,1-3H3. The van der Waals surface area contributed by atoms with Crippen molar-refractivity contribution in [3.8, 4) is 5.75 Å². The van der Waals surface area contributed by atoms with Crippen molar-refractivity contribution >= 4 is 5.97 Å². The third kappa shape index (κ3) is 3.64. The summed E-state index contributed by atoms with van der Waals surface area (Å²) in [6, 6.07) is 13.7. The van der Waals surface area contributed by atoms with E-state index in [1.54, 1.807) is 0 Å². The van der Waals surface area contributed by atoms with Gasteiger partial charge in [0.05, 0.1) is 5.56 Å². The molecule has 1 aliphatic carbocycles. The normalized spacial score (nSPS) is 14.2. The van der Waals surface area contributed by atoms with Crippen molar-refractivity contribution in [1.29, 1.82) is 0 Å². The maximum Gasteiger partial charge on any atom is 0.343 e. The molecule has 23 heavy (non-hydrogen) atoms. The molecule has 0 atom stereocenters. The molecular weight excluding hydrogens is 284 g/mol. The number of hydrogen-bond donors (Lipinski definition) is 0. The van der Waals surface area contributed by atoms with Crippen LogP contribution in [0.1, 0.15) is 60.7 Å². The van der Waals surface area contributed by atoms with Gasteiger partial charge in [0, 0.05) is 0 Å². The van der Waals surface area contributed by atoms with Crippen molar-refractivity contribution < 1.29 is 9.53 Å². The van der Waals surface area contributed by atoms with Gasteiger partial charge in [-0.15, -0.1) is 0 Å². The second-order valence-corrected chi connectivity index (χ2v) is 7.35. The largest absolute Gasteiger partial charge is 0.423 e. The molecule has 0 spiro atoms. The summed E-state index contributed by atoms with van der Waals surface area (Å²) in [4.78, 5) is 12.3. The average Bonchev–Trinajstić information content (AvgIpc) is 2.54. The van der Waals surface area contributed by atoms with Crippen LogP contribution in [-0.2, 0) is 18.3 Å². The SMILES string of the molecule is CC(C)(C)c1ccc(C(=O)Oc2ccc3c(c2)CCCC3)cc1. The van der Waals surface area contributed by atoms with Gasteiger partial charge in [0.2, 0.25) is 0 Å². The van der Waals surface area contributed by atoms with Gasteiger partial charge < -0.3 is 4.74 Å². The molecule has 0 fully saturated rings. The predicted molar refractivity (Wildman–Crippen MR) is 93.2 cm³/mol.